The fourth-order valence-corrected chi connectivity index (χ4v) is 3.16. The first kappa shape index (κ1) is 17.1. The van der Waals surface area contributed by atoms with E-state index in [2.05, 4.69) is 61.4 Å². The van der Waals surface area contributed by atoms with Crippen molar-refractivity contribution in [1.82, 2.24) is 9.88 Å². The Hall–Kier alpha value is -1.25. The third-order valence-electron chi connectivity index (χ3n) is 4.64. The van der Waals surface area contributed by atoms with E-state index in [1.54, 1.807) is 0 Å². The molecule has 22 heavy (non-hydrogen) atoms. The Morgan fingerprint density at radius 3 is 2.77 bits per heavy atom. The number of allylic oxidation sites excluding steroid dienone is 2. The fourth-order valence-electron chi connectivity index (χ4n) is 3.16. The lowest BCUT2D eigenvalue weighted by atomic mass is 9.87. The normalized spacial score (nSPS) is 18.4. The van der Waals surface area contributed by atoms with Crippen molar-refractivity contribution in [3.05, 3.63) is 41.6 Å². The SMILES string of the molecule is CC1CC=C(c2ccc3[nH]cc(CCN(C)C)c3c2)CC1.Cl. The molecular weight excluding hydrogens is 292 g/mol. The zero-order valence-corrected chi connectivity index (χ0v) is 14.7. The van der Waals surface area contributed by atoms with Crippen molar-refractivity contribution in [1.29, 1.82) is 0 Å². The molecule has 1 aliphatic carbocycles. The van der Waals surface area contributed by atoms with Crippen molar-refractivity contribution in [2.45, 2.75) is 32.6 Å². The molecule has 2 nitrogen and oxygen atoms in total. The highest BCUT2D eigenvalue weighted by molar-refractivity contribution is 5.87. The van der Waals surface area contributed by atoms with Gasteiger partial charge in [0.15, 0.2) is 0 Å². The number of nitrogens with zero attached hydrogens (tertiary/aromatic N) is 1. The molecule has 1 unspecified atom stereocenters. The Balaban J connectivity index is 0.00000176. The van der Waals surface area contributed by atoms with Gasteiger partial charge in [0.1, 0.15) is 0 Å². The van der Waals surface area contributed by atoms with Gasteiger partial charge in [0.2, 0.25) is 0 Å². The highest BCUT2D eigenvalue weighted by Crippen LogP contribution is 2.32. The molecule has 3 rings (SSSR count). The summed E-state index contributed by atoms with van der Waals surface area (Å²) in [7, 11) is 4.27. The van der Waals surface area contributed by atoms with Crippen molar-refractivity contribution in [2.75, 3.05) is 20.6 Å². The van der Waals surface area contributed by atoms with Crippen LogP contribution in [0.5, 0.6) is 0 Å². The van der Waals surface area contributed by atoms with Gasteiger partial charge in [-0.1, -0.05) is 19.1 Å². The van der Waals surface area contributed by atoms with Crippen LogP contribution < -0.4 is 0 Å². The molecular formula is C19H27ClN2. The van der Waals surface area contributed by atoms with E-state index in [0.717, 1.165) is 18.9 Å². The maximum atomic E-state index is 3.41. The van der Waals surface area contributed by atoms with Crippen molar-refractivity contribution < 1.29 is 0 Å². The zero-order chi connectivity index (χ0) is 14.8. The summed E-state index contributed by atoms with van der Waals surface area (Å²) >= 11 is 0. The third kappa shape index (κ3) is 3.74. The molecule has 0 bridgehead atoms. The van der Waals surface area contributed by atoms with Gasteiger partial charge in [0.25, 0.3) is 0 Å². The predicted molar refractivity (Wildman–Crippen MR) is 98.8 cm³/mol. The second kappa shape index (κ2) is 7.34. The van der Waals surface area contributed by atoms with E-state index in [4.69, 9.17) is 0 Å². The van der Waals surface area contributed by atoms with Gasteiger partial charge >= 0.3 is 0 Å². The third-order valence-corrected chi connectivity index (χ3v) is 4.64. The molecule has 2 aromatic rings. The van der Waals surface area contributed by atoms with Crippen molar-refractivity contribution in [3.63, 3.8) is 0 Å². The first-order valence-corrected chi connectivity index (χ1v) is 8.07. The molecule has 0 amide bonds. The highest BCUT2D eigenvalue weighted by Gasteiger charge is 2.13. The molecule has 1 aromatic heterocycles. The molecule has 1 atom stereocenters. The molecule has 1 N–H and O–H groups in total. The number of nitrogens with one attached hydrogen (secondary N) is 1. The number of halogens is 1. The number of benzene rings is 1. The average Bonchev–Trinajstić information content (AvgIpc) is 2.88. The number of aromatic nitrogens is 1. The van der Waals surface area contributed by atoms with Crippen LogP contribution in [0, 0.1) is 5.92 Å². The number of H-pyrrole nitrogens is 1. The van der Waals surface area contributed by atoms with Crippen LogP contribution in [-0.2, 0) is 6.42 Å². The lowest BCUT2D eigenvalue weighted by molar-refractivity contribution is 0.414. The minimum atomic E-state index is 0. The number of aromatic amines is 1. The van der Waals surface area contributed by atoms with Crippen LogP contribution in [0.15, 0.2) is 30.5 Å². The molecule has 0 aliphatic heterocycles. The van der Waals surface area contributed by atoms with Crippen LogP contribution in [0.1, 0.15) is 37.3 Å². The molecule has 3 heteroatoms. The molecule has 1 aliphatic rings. The lowest BCUT2D eigenvalue weighted by Gasteiger charge is -2.18. The van der Waals surface area contributed by atoms with Gasteiger partial charge in [-0.3, -0.25) is 0 Å². The predicted octanol–water partition coefficient (Wildman–Crippen LogP) is 4.90. The van der Waals surface area contributed by atoms with Crippen molar-refractivity contribution >= 4 is 28.9 Å². The van der Waals surface area contributed by atoms with Gasteiger partial charge in [0.05, 0.1) is 0 Å². The monoisotopic (exact) mass is 318 g/mol. The zero-order valence-electron chi connectivity index (χ0n) is 13.9. The minimum absolute atomic E-state index is 0. The van der Waals surface area contributed by atoms with Crippen LogP contribution in [0.3, 0.4) is 0 Å². The molecule has 1 heterocycles. The van der Waals surface area contributed by atoms with E-state index in [1.165, 1.54) is 46.9 Å². The minimum Gasteiger partial charge on any atom is -0.361 e. The maximum absolute atomic E-state index is 3.41. The average molecular weight is 319 g/mol. The van der Waals surface area contributed by atoms with Crippen LogP contribution in [0.4, 0.5) is 0 Å². The number of rotatable bonds is 4. The summed E-state index contributed by atoms with van der Waals surface area (Å²) in [5.74, 6) is 0.848. The quantitative estimate of drug-likeness (QED) is 0.849. The van der Waals surface area contributed by atoms with Gasteiger partial charge in [-0.2, -0.15) is 0 Å². The number of likely N-dealkylation sites (N-methyl/N-ethyl adjacent to an activating group) is 1. The van der Waals surface area contributed by atoms with E-state index in [1.807, 2.05) is 0 Å². The Labute approximate surface area is 140 Å². The molecule has 0 fully saturated rings. The summed E-state index contributed by atoms with van der Waals surface area (Å²) in [5.41, 5.74) is 5.65. The highest BCUT2D eigenvalue weighted by atomic mass is 35.5. The van der Waals surface area contributed by atoms with Crippen LogP contribution in [0.25, 0.3) is 16.5 Å². The van der Waals surface area contributed by atoms with Gasteiger partial charge in [-0.15, -0.1) is 12.4 Å². The Bertz CT molecular complexity index is 654. The van der Waals surface area contributed by atoms with Crippen molar-refractivity contribution in [3.8, 4) is 0 Å². The van der Waals surface area contributed by atoms with E-state index < -0.39 is 0 Å². The molecule has 0 radical (unpaired) electrons. The summed E-state index contributed by atoms with van der Waals surface area (Å²) in [6, 6.07) is 6.90. The van der Waals surface area contributed by atoms with E-state index in [0.29, 0.717) is 0 Å². The molecule has 120 valence electrons. The first-order chi connectivity index (χ1) is 10.1. The molecule has 1 aromatic carbocycles. The summed E-state index contributed by atoms with van der Waals surface area (Å²) in [6.45, 7) is 3.44. The smallest absolute Gasteiger partial charge is 0.0457 e. The Kier molecular flexibility index (Phi) is 5.71. The van der Waals surface area contributed by atoms with Crippen LogP contribution >= 0.6 is 12.4 Å². The fraction of sp³-hybridized carbons (Fsp3) is 0.474. The second-order valence-corrected chi connectivity index (χ2v) is 6.74. The topological polar surface area (TPSA) is 19.0 Å². The lowest BCUT2D eigenvalue weighted by Crippen LogP contribution is -2.14. The van der Waals surface area contributed by atoms with Crippen LogP contribution in [-0.4, -0.2) is 30.5 Å². The summed E-state index contributed by atoms with van der Waals surface area (Å²) in [4.78, 5) is 5.65. The standard InChI is InChI=1S/C19H26N2.ClH/c1-14-4-6-15(7-5-14)16-8-9-19-18(12-16)17(13-20-19)10-11-21(2)3;/h6,8-9,12-14,20H,4-5,7,10-11H2,1-3H3;1H. The number of fused-ring (bicyclic) bond motifs is 1. The van der Waals surface area contributed by atoms with Gasteiger partial charge in [-0.25, -0.2) is 0 Å². The molecule has 0 spiro atoms. The van der Waals surface area contributed by atoms with E-state index >= 15 is 0 Å². The number of hydrogen-bond acceptors (Lipinski definition) is 1. The molecule has 0 saturated heterocycles. The van der Waals surface area contributed by atoms with E-state index in [9.17, 15) is 0 Å². The van der Waals surface area contributed by atoms with Gasteiger partial charge in [0, 0.05) is 23.6 Å². The largest absolute Gasteiger partial charge is 0.361 e. The number of hydrogen-bond donors (Lipinski definition) is 1. The molecule has 0 saturated carbocycles. The van der Waals surface area contributed by atoms with Gasteiger partial charge < -0.3 is 9.88 Å². The summed E-state index contributed by atoms with van der Waals surface area (Å²) < 4.78 is 0. The Morgan fingerprint density at radius 2 is 2.09 bits per heavy atom. The Morgan fingerprint density at radius 1 is 1.27 bits per heavy atom. The van der Waals surface area contributed by atoms with Gasteiger partial charge in [-0.05, 0) is 74.5 Å². The second-order valence-electron chi connectivity index (χ2n) is 6.74. The maximum Gasteiger partial charge on any atom is 0.0457 e. The van der Waals surface area contributed by atoms with Crippen LogP contribution in [0.2, 0.25) is 0 Å². The first-order valence-electron chi connectivity index (χ1n) is 8.07. The van der Waals surface area contributed by atoms with Crippen molar-refractivity contribution in [2.24, 2.45) is 5.92 Å². The summed E-state index contributed by atoms with van der Waals surface area (Å²) in [6.07, 6.45) is 9.51. The van der Waals surface area contributed by atoms with E-state index in [-0.39, 0.29) is 12.4 Å². The summed E-state index contributed by atoms with van der Waals surface area (Å²) in [5, 5.41) is 1.40.